The second-order valence-corrected chi connectivity index (χ2v) is 7.81. The highest BCUT2D eigenvalue weighted by Crippen LogP contribution is 2.26. The molecule has 0 radical (unpaired) electrons. The van der Waals surface area contributed by atoms with Gasteiger partial charge in [-0.25, -0.2) is 4.79 Å². The number of nitrogens with one attached hydrogen (secondary N) is 1. The van der Waals surface area contributed by atoms with Crippen LogP contribution in [-0.2, 0) is 17.8 Å². The maximum Gasteiger partial charge on any atom is 0.327 e. The van der Waals surface area contributed by atoms with E-state index < -0.39 is 12.1 Å². The molecule has 0 spiro atoms. The molecule has 1 aromatic heterocycles. The number of hydrogen-bond donors (Lipinski definition) is 1. The highest BCUT2D eigenvalue weighted by atomic mass is 16.2. The number of fused-ring (bicyclic) bond motifs is 1. The number of Topliss-reactive ketones (excluding diaryl/α,β-unsaturated/α-hetero) is 1. The molecule has 2 unspecified atom stereocenters. The average Bonchev–Trinajstić information content (AvgIpc) is 2.80. The number of aromatic nitrogens is 1. The fourth-order valence-corrected chi connectivity index (χ4v) is 4.19. The predicted octanol–water partition coefficient (Wildman–Crippen LogP) is 2.41. The summed E-state index contributed by atoms with van der Waals surface area (Å²) in [6.45, 7) is 2.92. The number of urea groups is 1. The van der Waals surface area contributed by atoms with Crippen LogP contribution in [0, 0.1) is 0 Å². The molecule has 156 valence electrons. The van der Waals surface area contributed by atoms with E-state index in [0.717, 1.165) is 30.5 Å². The first kappa shape index (κ1) is 20.2. The molecule has 3 heterocycles. The van der Waals surface area contributed by atoms with Crippen molar-refractivity contribution < 1.29 is 14.4 Å². The summed E-state index contributed by atoms with van der Waals surface area (Å²) in [5.74, 6) is -0.342. The summed E-state index contributed by atoms with van der Waals surface area (Å²) in [4.78, 5) is 46.1. The normalized spacial score (nSPS) is 21.5. The fourth-order valence-electron chi connectivity index (χ4n) is 4.19. The van der Waals surface area contributed by atoms with Gasteiger partial charge in [-0.2, -0.15) is 0 Å². The number of aryl methyl sites for hydroxylation is 1. The number of hydrogen-bond acceptors (Lipinski definition) is 5. The molecule has 7 nitrogen and oxygen atoms in total. The third-order valence-corrected chi connectivity index (χ3v) is 5.92. The number of ketones is 1. The largest absolute Gasteiger partial charge is 0.327 e. The van der Waals surface area contributed by atoms with Crippen molar-refractivity contribution in [1.82, 2.24) is 20.1 Å². The van der Waals surface area contributed by atoms with E-state index in [9.17, 15) is 14.4 Å². The molecule has 1 N–H and O–H groups in total. The maximum absolute atomic E-state index is 13.3. The van der Waals surface area contributed by atoms with Crippen molar-refractivity contribution >= 4 is 17.7 Å². The van der Waals surface area contributed by atoms with Crippen LogP contribution in [0.4, 0.5) is 4.79 Å². The van der Waals surface area contributed by atoms with E-state index in [1.54, 1.807) is 29.4 Å². The topological polar surface area (TPSA) is 82.6 Å². The molecule has 3 amide bonds. The molecule has 2 atom stereocenters. The molecule has 2 fully saturated rings. The summed E-state index contributed by atoms with van der Waals surface area (Å²) in [7, 11) is 0. The minimum Gasteiger partial charge on any atom is -0.311 e. The highest BCUT2D eigenvalue weighted by Gasteiger charge is 2.47. The van der Waals surface area contributed by atoms with Crippen LogP contribution in [0.1, 0.15) is 41.3 Å². The summed E-state index contributed by atoms with van der Waals surface area (Å²) in [5.41, 5.74) is 2.56. The Hall–Kier alpha value is -3.06. The van der Waals surface area contributed by atoms with E-state index in [2.05, 4.69) is 17.2 Å². The van der Waals surface area contributed by atoms with Gasteiger partial charge in [-0.15, -0.1) is 0 Å². The van der Waals surface area contributed by atoms with E-state index >= 15 is 0 Å². The van der Waals surface area contributed by atoms with Crippen molar-refractivity contribution in [2.45, 2.75) is 44.8 Å². The Balaban J connectivity index is 1.58. The van der Waals surface area contributed by atoms with Crippen LogP contribution in [-0.4, -0.2) is 57.7 Å². The minimum absolute atomic E-state index is 0.0344. The number of imide groups is 1. The van der Waals surface area contributed by atoms with Gasteiger partial charge in [0.1, 0.15) is 6.04 Å². The van der Waals surface area contributed by atoms with E-state index in [1.807, 2.05) is 24.3 Å². The molecule has 2 aliphatic heterocycles. The Morgan fingerprint density at radius 1 is 1.10 bits per heavy atom. The molecule has 2 saturated heterocycles. The molecule has 0 saturated carbocycles. The van der Waals surface area contributed by atoms with Crippen molar-refractivity contribution in [1.29, 1.82) is 0 Å². The zero-order chi connectivity index (χ0) is 21.1. The fraction of sp³-hybridized carbons (Fsp3) is 0.391. The van der Waals surface area contributed by atoms with Gasteiger partial charge in [-0.3, -0.25) is 19.5 Å². The number of piperidine rings is 1. The third kappa shape index (κ3) is 3.98. The summed E-state index contributed by atoms with van der Waals surface area (Å²) in [6.07, 6.45) is 5.75. The molecule has 2 aromatic rings. The molecule has 30 heavy (non-hydrogen) atoms. The second-order valence-electron chi connectivity index (χ2n) is 7.81. The zero-order valence-electron chi connectivity index (χ0n) is 17.1. The molecule has 2 aliphatic rings. The van der Waals surface area contributed by atoms with Gasteiger partial charge in [0.25, 0.3) is 0 Å². The molecule has 4 rings (SSSR count). The third-order valence-electron chi connectivity index (χ3n) is 5.92. The van der Waals surface area contributed by atoms with Gasteiger partial charge in [0.05, 0.1) is 19.1 Å². The lowest BCUT2D eigenvalue weighted by Gasteiger charge is -2.46. The van der Waals surface area contributed by atoms with Crippen molar-refractivity contribution in [3.05, 3.63) is 65.5 Å². The summed E-state index contributed by atoms with van der Waals surface area (Å²) >= 11 is 0. The van der Waals surface area contributed by atoms with E-state index in [0.29, 0.717) is 12.0 Å². The summed E-state index contributed by atoms with van der Waals surface area (Å²) in [6, 6.07) is 9.89. The lowest BCUT2D eigenvalue weighted by Crippen LogP contribution is -2.69. The average molecular weight is 406 g/mol. The lowest BCUT2D eigenvalue weighted by molar-refractivity contribution is -0.137. The van der Waals surface area contributed by atoms with Crippen LogP contribution in [0.5, 0.6) is 0 Å². The smallest absolute Gasteiger partial charge is 0.311 e. The molecular formula is C23H26N4O3. The number of rotatable bonds is 6. The van der Waals surface area contributed by atoms with Crippen molar-refractivity contribution in [2.75, 3.05) is 13.1 Å². The number of carbonyl (C=O) groups excluding carboxylic acids is 3. The van der Waals surface area contributed by atoms with Gasteiger partial charge in [0, 0.05) is 18.0 Å². The van der Waals surface area contributed by atoms with Crippen LogP contribution in [0.25, 0.3) is 0 Å². The van der Waals surface area contributed by atoms with Crippen molar-refractivity contribution in [3.8, 4) is 0 Å². The number of amides is 3. The van der Waals surface area contributed by atoms with Crippen LogP contribution < -0.4 is 5.32 Å². The quantitative estimate of drug-likeness (QED) is 0.745. The maximum atomic E-state index is 13.3. The monoisotopic (exact) mass is 406 g/mol. The first-order chi connectivity index (χ1) is 14.6. The van der Waals surface area contributed by atoms with Gasteiger partial charge in [-0.1, -0.05) is 31.2 Å². The molecule has 1 aromatic carbocycles. The van der Waals surface area contributed by atoms with Crippen LogP contribution in [0.15, 0.2) is 48.8 Å². The first-order valence-corrected chi connectivity index (χ1v) is 10.4. The zero-order valence-corrected chi connectivity index (χ0v) is 17.1. The van der Waals surface area contributed by atoms with Gasteiger partial charge in [-0.05, 0) is 49.1 Å². The van der Waals surface area contributed by atoms with Gasteiger partial charge in [0.15, 0.2) is 5.78 Å². The lowest BCUT2D eigenvalue weighted by atomic mass is 9.92. The van der Waals surface area contributed by atoms with Crippen molar-refractivity contribution in [3.63, 3.8) is 0 Å². The number of benzene rings is 1. The summed E-state index contributed by atoms with van der Waals surface area (Å²) in [5, 5.41) is 3.26. The van der Waals surface area contributed by atoms with Crippen molar-refractivity contribution in [2.24, 2.45) is 0 Å². The van der Waals surface area contributed by atoms with Crippen LogP contribution in [0.3, 0.4) is 0 Å². The Labute approximate surface area is 176 Å². The van der Waals surface area contributed by atoms with Crippen LogP contribution in [0.2, 0.25) is 0 Å². The molecular weight excluding hydrogens is 380 g/mol. The second kappa shape index (κ2) is 8.75. The van der Waals surface area contributed by atoms with E-state index in [4.69, 9.17) is 0 Å². The molecule has 0 aliphatic carbocycles. The minimum atomic E-state index is -0.478. The first-order valence-electron chi connectivity index (χ1n) is 10.4. The standard InChI is InChI=1S/C23H26N4O3/c1-2-16-5-7-18(8-6-16)20(28)15-26-19-4-3-11-25-21(19)22(29)27(23(26)30)14-17-9-12-24-13-10-17/h5-10,12-13,19,21,25H,2-4,11,14-15H2,1H3. The van der Waals surface area contributed by atoms with E-state index in [-0.39, 0.29) is 30.8 Å². The Morgan fingerprint density at radius 2 is 1.83 bits per heavy atom. The van der Waals surface area contributed by atoms with Gasteiger partial charge < -0.3 is 10.2 Å². The number of nitrogens with zero attached hydrogens (tertiary/aromatic N) is 3. The van der Waals surface area contributed by atoms with Gasteiger partial charge in [0.2, 0.25) is 5.91 Å². The Kier molecular flexibility index (Phi) is 5.90. The summed E-state index contributed by atoms with van der Waals surface area (Å²) < 4.78 is 0. The number of carbonyl (C=O) groups is 3. The molecule has 7 heteroatoms. The molecule has 0 bridgehead atoms. The Morgan fingerprint density at radius 3 is 2.53 bits per heavy atom. The predicted molar refractivity (Wildman–Crippen MR) is 112 cm³/mol. The Bertz CT molecular complexity index is 929. The SMILES string of the molecule is CCc1ccc(C(=O)CN2C(=O)N(Cc3ccncc3)C(=O)C3NCCCC32)cc1. The highest BCUT2D eigenvalue weighted by molar-refractivity contribution is 6.04. The van der Waals surface area contributed by atoms with E-state index in [1.165, 1.54) is 4.90 Å². The number of pyridine rings is 1. The van der Waals surface area contributed by atoms with Gasteiger partial charge >= 0.3 is 6.03 Å². The van der Waals surface area contributed by atoms with Crippen LogP contribution >= 0.6 is 0 Å².